The molecule has 1 rings (SSSR count). The summed E-state index contributed by atoms with van der Waals surface area (Å²) in [4.78, 5) is 13.5. The smallest absolute Gasteiger partial charge is 0.166 e. The molecule has 0 N–H and O–H groups in total. The van der Waals surface area contributed by atoms with Crippen LogP contribution in [0.15, 0.2) is 6.07 Å². The minimum Gasteiger partial charge on any atom is -0.367 e. The van der Waals surface area contributed by atoms with E-state index in [2.05, 4.69) is 33.8 Å². The van der Waals surface area contributed by atoms with E-state index in [-0.39, 0.29) is 18.7 Å². The minimum atomic E-state index is -0.0436. The van der Waals surface area contributed by atoms with E-state index in [4.69, 9.17) is 5.26 Å². The molecule has 0 radical (unpaired) electrons. The molecule has 3 heteroatoms. The van der Waals surface area contributed by atoms with Gasteiger partial charge in [-0.2, -0.15) is 5.26 Å². The average Bonchev–Trinajstić information content (AvgIpc) is 2.27. The lowest BCUT2D eigenvalue weighted by molar-refractivity contribution is -0.116. The van der Waals surface area contributed by atoms with Crippen LogP contribution in [0.25, 0.3) is 0 Å². The summed E-state index contributed by atoms with van der Waals surface area (Å²) in [6.07, 6.45) is -0.0206. The molecule has 0 spiro atoms. The van der Waals surface area contributed by atoms with Crippen molar-refractivity contribution in [3.8, 4) is 6.07 Å². The number of ketones is 1. The summed E-state index contributed by atoms with van der Waals surface area (Å²) in [6.45, 7) is 8.59. The van der Waals surface area contributed by atoms with Crippen molar-refractivity contribution in [3.63, 3.8) is 0 Å². The maximum absolute atomic E-state index is 11.6. The molecule has 0 heterocycles. The number of hydrogen-bond acceptors (Lipinski definition) is 3. The predicted octanol–water partition coefficient (Wildman–Crippen LogP) is 2.84. The van der Waals surface area contributed by atoms with Crippen LogP contribution >= 0.6 is 0 Å². The maximum Gasteiger partial charge on any atom is 0.166 e. The highest BCUT2D eigenvalue weighted by Gasteiger charge is 2.14. The van der Waals surface area contributed by atoms with Crippen molar-refractivity contribution >= 4 is 11.5 Å². The minimum absolute atomic E-state index is 0.0206. The third-order valence-electron chi connectivity index (χ3n) is 3.40. The Kier molecular flexibility index (Phi) is 4.49. The predicted molar refractivity (Wildman–Crippen MR) is 73.9 cm³/mol. The first-order valence-electron chi connectivity index (χ1n) is 6.05. The lowest BCUT2D eigenvalue weighted by Gasteiger charge is -2.25. The Bertz CT molecular complexity index is 486. The molecule has 0 unspecified atom stereocenters. The fraction of sp³-hybridized carbons (Fsp3) is 0.467. The molecule has 0 aliphatic heterocycles. The van der Waals surface area contributed by atoms with Crippen molar-refractivity contribution in [2.45, 2.75) is 34.1 Å². The summed E-state index contributed by atoms with van der Waals surface area (Å²) in [7, 11) is 1.91. The van der Waals surface area contributed by atoms with Crippen LogP contribution in [0.3, 0.4) is 0 Å². The van der Waals surface area contributed by atoms with E-state index in [1.165, 1.54) is 22.3 Å². The molecule has 18 heavy (non-hydrogen) atoms. The van der Waals surface area contributed by atoms with Crippen molar-refractivity contribution in [1.82, 2.24) is 0 Å². The zero-order chi connectivity index (χ0) is 13.9. The standard InChI is InChI=1S/C15H20N2O/c1-10-8-11(2)13(4)15(12(10)3)17(5)9-14(18)6-7-16/h8H,6,9H2,1-5H3. The van der Waals surface area contributed by atoms with Gasteiger partial charge in [-0.05, 0) is 49.9 Å². The lowest BCUT2D eigenvalue weighted by atomic mass is 9.98. The van der Waals surface area contributed by atoms with Gasteiger partial charge >= 0.3 is 0 Å². The number of hydrogen-bond donors (Lipinski definition) is 0. The van der Waals surface area contributed by atoms with Gasteiger partial charge in [0.2, 0.25) is 0 Å². The number of anilines is 1. The molecule has 1 aromatic carbocycles. The summed E-state index contributed by atoms with van der Waals surface area (Å²) in [5.41, 5.74) is 5.97. The molecule has 1 aromatic rings. The summed E-state index contributed by atoms with van der Waals surface area (Å²) < 4.78 is 0. The van der Waals surface area contributed by atoms with Crippen LogP contribution in [0.5, 0.6) is 0 Å². The van der Waals surface area contributed by atoms with Gasteiger partial charge < -0.3 is 4.90 Å². The summed E-state index contributed by atoms with van der Waals surface area (Å²) in [6, 6.07) is 4.07. The third-order valence-corrected chi connectivity index (χ3v) is 3.40. The Labute approximate surface area is 109 Å². The molecule has 3 nitrogen and oxygen atoms in total. The number of carbonyl (C=O) groups excluding carboxylic acids is 1. The second kappa shape index (κ2) is 5.68. The lowest BCUT2D eigenvalue weighted by Crippen LogP contribution is -2.27. The number of aryl methyl sites for hydroxylation is 2. The molecule has 0 aliphatic rings. The SMILES string of the molecule is Cc1cc(C)c(C)c(N(C)CC(=O)CC#N)c1C. The highest BCUT2D eigenvalue weighted by Crippen LogP contribution is 2.29. The largest absolute Gasteiger partial charge is 0.367 e. The molecule has 0 saturated carbocycles. The van der Waals surface area contributed by atoms with Gasteiger partial charge in [-0.1, -0.05) is 6.07 Å². The van der Waals surface area contributed by atoms with Gasteiger partial charge in [-0.15, -0.1) is 0 Å². The van der Waals surface area contributed by atoms with Gasteiger partial charge in [-0.25, -0.2) is 0 Å². The Balaban J connectivity index is 3.10. The topological polar surface area (TPSA) is 44.1 Å². The fourth-order valence-corrected chi connectivity index (χ4v) is 2.26. The van der Waals surface area contributed by atoms with E-state index >= 15 is 0 Å². The van der Waals surface area contributed by atoms with E-state index in [0.717, 1.165) is 5.69 Å². The number of carbonyl (C=O) groups is 1. The Hall–Kier alpha value is -1.82. The van der Waals surface area contributed by atoms with E-state index < -0.39 is 0 Å². The fourth-order valence-electron chi connectivity index (χ4n) is 2.26. The number of benzene rings is 1. The Morgan fingerprint density at radius 2 is 1.72 bits per heavy atom. The number of Topliss-reactive ketones (excluding diaryl/α,β-unsaturated/α-hetero) is 1. The molecule has 0 atom stereocenters. The second-order valence-electron chi connectivity index (χ2n) is 4.84. The highest BCUT2D eigenvalue weighted by molar-refractivity contribution is 5.85. The number of nitriles is 1. The number of nitrogens with zero attached hydrogens (tertiary/aromatic N) is 2. The van der Waals surface area contributed by atoms with Gasteiger partial charge in [0, 0.05) is 12.7 Å². The zero-order valence-electron chi connectivity index (χ0n) is 11.8. The molecule has 0 amide bonds. The van der Waals surface area contributed by atoms with Gasteiger partial charge in [-0.3, -0.25) is 4.79 Å². The molecule has 96 valence electrons. The van der Waals surface area contributed by atoms with Crippen molar-refractivity contribution in [2.24, 2.45) is 0 Å². The maximum atomic E-state index is 11.6. The van der Waals surface area contributed by atoms with Crippen LogP contribution in [0.4, 0.5) is 5.69 Å². The third kappa shape index (κ3) is 2.89. The molecular formula is C15H20N2O. The molecule has 0 bridgehead atoms. The van der Waals surface area contributed by atoms with E-state index in [0.29, 0.717) is 0 Å². The first-order valence-corrected chi connectivity index (χ1v) is 6.05. The van der Waals surface area contributed by atoms with Crippen molar-refractivity contribution in [3.05, 3.63) is 28.3 Å². The highest BCUT2D eigenvalue weighted by atomic mass is 16.1. The second-order valence-corrected chi connectivity index (χ2v) is 4.84. The van der Waals surface area contributed by atoms with Crippen LogP contribution in [-0.2, 0) is 4.79 Å². The zero-order valence-corrected chi connectivity index (χ0v) is 11.8. The molecular weight excluding hydrogens is 224 g/mol. The molecule has 0 saturated heterocycles. The Morgan fingerprint density at radius 1 is 1.22 bits per heavy atom. The van der Waals surface area contributed by atoms with Crippen LogP contribution < -0.4 is 4.90 Å². The van der Waals surface area contributed by atoms with Crippen molar-refractivity contribution in [1.29, 1.82) is 5.26 Å². The molecule has 0 fully saturated rings. The first-order chi connectivity index (χ1) is 8.38. The number of rotatable bonds is 4. The summed E-state index contributed by atoms with van der Waals surface area (Å²) in [5, 5.41) is 8.53. The van der Waals surface area contributed by atoms with Crippen molar-refractivity contribution < 1.29 is 4.79 Å². The van der Waals surface area contributed by atoms with Crippen molar-refractivity contribution in [2.75, 3.05) is 18.5 Å². The summed E-state index contributed by atoms with van der Waals surface area (Å²) >= 11 is 0. The van der Waals surface area contributed by atoms with Gasteiger partial charge in [0.1, 0.15) is 0 Å². The van der Waals surface area contributed by atoms with Crippen LogP contribution in [0.1, 0.15) is 28.7 Å². The van der Waals surface area contributed by atoms with Gasteiger partial charge in [0.05, 0.1) is 19.0 Å². The normalized spacial score (nSPS) is 10.0. The Morgan fingerprint density at radius 3 is 2.17 bits per heavy atom. The first kappa shape index (κ1) is 14.2. The monoisotopic (exact) mass is 244 g/mol. The van der Waals surface area contributed by atoms with Crippen LogP contribution in [-0.4, -0.2) is 19.4 Å². The van der Waals surface area contributed by atoms with E-state index in [1.54, 1.807) is 0 Å². The average molecular weight is 244 g/mol. The van der Waals surface area contributed by atoms with Gasteiger partial charge in [0.25, 0.3) is 0 Å². The van der Waals surface area contributed by atoms with E-state index in [9.17, 15) is 4.79 Å². The van der Waals surface area contributed by atoms with Gasteiger partial charge in [0.15, 0.2) is 5.78 Å². The number of likely N-dealkylation sites (N-methyl/N-ethyl adjacent to an activating group) is 1. The van der Waals surface area contributed by atoms with Crippen LogP contribution in [0.2, 0.25) is 0 Å². The molecule has 0 aliphatic carbocycles. The quantitative estimate of drug-likeness (QED) is 0.818. The molecule has 0 aromatic heterocycles. The summed E-state index contributed by atoms with van der Waals surface area (Å²) in [5.74, 6) is -0.0436. The van der Waals surface area contributed by atoms with Crippen LogP contribution in [0, 0.1) is 39.0 Å². The van der Waals surface area contributed by atoms with E-state index in [1.807, 2.05) is 18.0 Å².